The number of amides is 1. The number of benzene rings is 1. The molecule has 2 aliphatic heterocycles. The lowest BCUT2D eigenvalue weighted by Gasteiger charge is -2.36. The zero-order chi connectivity index (χ0) is 27.9. The average molecular weight is 565 g/mol. The number of aromatic nitrogens is 1. The summed E-state index contributed by atoms with van der Waals surface area (Å²) in [6, 6.07) is 12.7. The molecule has 2 saturated heterocycles. The Bertz CT molecular complexity index is 1340. The van der Waals surface area contributed by atoms with Gasteiger partial charge in [-0.1, -0.05) is 67.7 Å². The number of methoxy groups -OCH3 is 1. The van der Waals surface area contributed by atoms with Crippen molar-refractivity contribution in [2.45, 2.75) is 52.5 Å². The number of nitriles is 1. The lowest BCUT2D eigenvalue weighted by Crippen LogP contribution is -2.40. The summed E-state index contributed by atoms with van der Waals surface area (Å²) in [6.07, 6.45) is 6.65. The van der Waals surface area contributed by atoms with E-state index in [1.807, 2.05) is 19.1 Å². The SMILES string of the molecule is CCCCn1c(N2CCC(Cc3ccccc3)CC2)c(C=C2SC(=S)N(CCOC)C2=O)c(C)c(C#N)c1=O. The number of pyridine rings is 1. The molecule has 0 unspecified atom stereocenters. The van der Waals surface area contributed by atoms with Gasteiger partial charge in [0, 0.05) is 32.3 Å². The lowest BCUT2D eigenvalue weighted by atomic mass is 9.90. The Morgan fingerprint density at radius 1 is 1.18 bits per heavy atom. The summed E-state index contributed by atoms with van der Waals surface area (Å²) in [5.74, 6) is 1.21. The molecular weight excluding hydrogens is 528 g/mol. The second-order valence-corrected chi connectivity index (χ2v) is 11.8. The van der Waals surface area contributed by atoms with Crippen LogP contribution in [0, 0.1) is 24.2 Å². The van der Waals surface area contributed by atoms with Gasteiger partial charge in [-0.25, -0.2) is 0 Å². The highest BCUT2D eigenvalue weighted by atomic mass is 32.2. The monoisotopic (exact) mass is 564 g/mol. The van der Waals surface area contributed by atoms with Crippen molar-refractivity contribution in [1.82, 2.24) is 9.47 Å². The summed E-state index contributed by atoms with van der Waals surface area (Å²) in [4.78, 5) is 31.2. The van der Waals surface area contributed by atoms with Gasteiger partial charge in [-0.3, -0.25) is 19.1 Å². The van der Waals surface area contributed by atoms with Gasteiger partial charge in [0.15, 0.2) is 0 Å². The molecule has 2 aromatic rings. The number of nitrogens with zero attached hydrogens (tertiary/aromatic N) is 4. The van der Waals surface area contributed by atoms with Crippen molar-refractivity contribution in [2.24, 2.45) is 5.92 Å². The fourth-order valence-corrected chi connectivity index (χ4v) is 6.60. The number of carbonyl (C=O) groups is 1. The summed E-state index contributed by atoms with van der Waals surface area (Å²) in [7, 11) is 1.59. The van der Waals surface area contributed by atoms with Crippen molar-refractivity contribution in [1.29, 1.82) is 5.26 Å². The second kappa shape index (κ2) is 13.4. The summed E-state index contributed by atoms with van der Waals surface area (Å²) in [6.45, 7) is 6.83. The van der Waals surface area contributed by atoms with Crippen molar-refractivity contribution in [3.8, 4) is 6.07 Å². The molecule has 0 N–H and O–H groups in total. The minimum atomic E-state index is -0.255. The Morgan fingerprint density at radius 2 is 1.90 bits per heavy atom. The van der Waals surface area contributed by atoms with E-state index in [1.54, 1.807) is 16.6 Å². The van der Waals surface area contributed by atoms with E-state index in [-0.39, 0.29) is 17.0 Å². The van der Waals surface area contributed by atoms with Gasteiger partial charge in [0.25, 0.3) is 11.5 Å². The number of carbonyl (C=O) groups excluding carboxylic acids is 1. The normalized spacial score (nSPS) is 17.3. The molecule has 0 aliphatic carbocycles. The minimum absolute atomic E-state index is 0.134. The Balaban J connectivity index is 1.73. The van der Waals surface area contributed by atoms with E-state index in [0.29, 0.717) is 40.4 Å². The van der Waals surface area contributed by atoms with Gasteiger partial charge < -0.3 is 9.64 Å². The van der Waals surface area contributed by atoms with Gasteiger partial charge in [0.1, 0.15) is 21.8 Å². The van der Waals surface area contributed by atoms with Gasteiger partial charge in [0.2, 0.25) is 0 Å². The fourth-order valence-electron chi connectivity index (χ4n) is 5.31. The fraction of sp³-hybridized carbons (Fsp3) is 0.467. The van der Waals surface area contributed by atoms with E-state index in [1.165, 1.54) is 17.3 Å². The molecule has 9 heteroatoms. The first-order chi connectivity index (χ1) is 18.9. The quantitative estimate of drug-likeness (QED) is 0.292. The number of ether oxygens (including phenoxy) is 1. The molecule has 3 heterocycles. The summed E-state index contributed by atoms with van der Waals surface area (Å²) >= 11 is 6.75. The van der Waals surface area contributed by atoms with E-state index >= 15 is 0 Å². The van der Waals surface area contributed by atoms with Crippen molar-refractivity contribution in [2.75, 3.05) is 38.3 Å². The number of thiocarbonyl (C=S) groups is 1. The molecule has 1 aromatic carbocycles. The Labute approximate surface area is 240 Å². The standard InChI is InChI=1S/C30H36N4O3S2/c1-4-5-13-33-27(32-14-11-23(12-15-32)18-22-9-7-6-8-10-22)24(21(2)25(20-31)28(33)35)19-26-29(36)34(16-17-37-3)30(38)39-26/h6-10,19,23H,4-5,11-18H2,1-3H3. The highest BCUT2D eigenvalue weighted by Gasteiger charge is 2.33. The molecule has 2 aliphatic rings. The van der Waals surface area contributed by atoms with E-state index < -0.39 is 0 Å². The van der Waals surface area contributed by atoms with Gasteiger partial charge in [-0.05, 0) is 55.7 Å². The zero-order valence-corrected chi connectivity index (χ0v) is 24.6. The molecule has 0 spiro atoms. The van der Waals surface area contributed by atoms with Crippen molar-refractivity contribution >= 4 is 46.1 Å². The van der Waals surface area contributed by atoms with Crippen molar-refractivity contribution < 1.29 is 9.53 Å². The molecule has 0 radical (unpaired) electrons. The van der Waals surface area contributed by atoms with Gasteiger partial charge in [-0.15, -0.1) is 0 Å². The second-order valence-electron chi connectivity index (χ2n) is 10.1. The van der Waals surface area contributed by atoms with Crippen molar-refractivity contribution in [3.05, 3.63) is 67.8 Å². The van der Waals surface area contributed by atoms with Crippen LogP contribution in [0.2, 0.25) is 0 Å². The van der Waals surface area contributed by atoms with E-state index in [9.17, 15) is 14.9 Å². The van der Waals surface area contributed by atoms with Crippen molar-refractivity contribution in [3.63, 3.8) is 0 Å². The van der Waals surface area contributed by atoms with Crippen LogP contribution in [-0.4, -0.2) is 53.0 Å². The number of unbranched alkanes of at least 4 members (excludes halogenated alkanes) is 1. The van der Waals surface area contributed by atoms with Crippen LogP contribution in [0.4, 0.5) is 5.82 Å². The number of hydrogen-bond acceptors (Lipinski definition) is 7. The average Bonchev–Trinajstić information content (AvgIpc) is 3.21. The van der Waals surface area contributed by atoms with Crippen LogP contribution in [0.1, 0.15) is 54.9 Å². The van der Waals surface area contributed by atoms with Crippen LogP contribution in [0.15, 0.2) is 40.0 Å². The molecule has 0 bridgehead atoms. The predicted octanol–water partition coefficient (Wildman–Crippen LogP) is 5.14. The zero-order valence-electron chi connectivity index (χ0n) is 22.9. The number of anilines is 1. The molecule has 0 atom stereocenters. The molecule has 1 amide bonds. The minimum Gasteiger partial charge on any atom is -0.383 e. The Kier molecular flexibility index (Phi) is 10.0. The van der Waals surface area contributed by atoms with Crippen LogP contribution < -0.4 is 10.5 Å². The van der Waals surface area contributed by atoms with E-state index in [4.69, 9.17) is 17.0 Å². The molecular formula is C30H36N4O3S2. The molecule has 1 aromatic heterocycles. The van der Waals surface area contributed by atoms with Gasteiger partial charge in [0.05, 0.1) is 18.1 Å². The van der Waals surface area contributed by atoms with Crippen LogP contribution in [-0.2, 0) is 22.5 Å². The maximum absolute atomic E-state index is 13.5. The maximum Gasteiger partial charge on any atom is 0.270 e. The van der Waals surface area contributed by atoms with Gasteiger partial charge >= 0.3 is 0 Å². The number of hydrogen-bond donors (Lipinski definition) is 0. The maximum atomic E-state index is 13.5. The Hall–Kier alpha value is -2.93. The van der Waals surface area contributed by atoms with E-state index in [2.05, 4.69) is 42.2 Å². The third-order valence-electron chi connectivity index (χ3n) is 7.53. The largest absolute Gasteiger partial charge is 0.383 e. The molecule has 7 nitrogen and oxygen atoms in total. The predicted molar refractivity (Wildman–Crippen MR) is 162 cm³/mol. The number of piperidine rings is 1. The first kappa shape index (κ1) is 29.1. The first-order valence-corrected chi connectivity index (χ1v) is 14.8. The lowest BCUT2D eigenvalue weighted by molar-refractivity contribution is -0.122. The molecule has 2 fully saturated rings. The third kappa shape index (κ3) is 6.46. The molecule has 206 valence electrons. The highest BCUT2D eigenvalue weighted by Crippen LogP contribution is 2.37. The van der Waals surface area contributed by atoms with Crippen LogP contribution >= 0.6 is 24.0 Å². The first-order valence-electron chi connectivity index (χ1n) is 13.6. The molecule has 4 rings (SSSR count). The van der Waals surface area contributed by atoms with Crippen LogP contribution in [0.3, 0.4) is 0 Å². The van der Waals surface area contributed by atoms with Crippen LogP contribution in [0.25, 0.3) is 6.08 Å². The highest BCUT2D eigenvalue weighted by molar-refractivity contribution is 8.26. The Morgan fingerprint density at radius 3 is 2.54 bits per heavy atom. The third-order valence-corrected chi connectivity index (χ3v) is 8.91. The smallest absolute Gasteiger partial charge is 0.270 e. The number of rotatable bonds is 10. The summed E-state index contributed by atoms with van der Waals surface area (Å²) in [5.41, 5.74) is 2.60. The topological polar surface area (TPSA) is 78.6 Å². The molecule has 0 saturated carbocycles. The summed E-state index contributed by atoms with van der Waals surface area (Å²) in [5, 5.41) is 9.93. The van der Waals surface area contributed by atoms with Crippen LogP contribution in [0.5, 0.6) is 0 Å². The van der Waals surface area contributed by atoms with E-state index in [0.717, 1.165) is 56.6 Å². The molecule has 39 heavy (non-hydrogen) atoms. The summed E-state index contributed by atoms with van der Waals surface area (Å²) < 4.78 is 7.41. The number of thioether (sulfide) groups is 1. The van der Waals surface area contributed by atoms with Gasteiger partial charge in [-0.2, -0.15) is 5.26 Å².